The van der Waals surface area contributed by atoms with Crippen LogP contribution in [-0.2, 0) is 4.79 Å². The van der Waals surface area contributed by atoms with Crippen LogP contribution in [0.1, 0.15) is 0 Å². The number of primary amides is 1. The third-order valence-corrected chi connectivity index (χ3v) is 1.08. The standard InChI is InChI=1S/C6H5B.C2H2F3NO.2H2O/c7-6-4-2-1-3-5-6;3-2(4,5)1(6)7;;/h1-5H;(H2,6,7);2*1H2. The fourth-order valence-electron chi connectivity index (χ4n) is 0.453. The van der Waals surface area contributed by atoms with Gasteiger partial charge in [-0.2, -0.15) is 13.2 Å². The molecule has 0 heterocycles. The number of carbonyl (C=O) groups is 1. The Bertz CT molecular complexity index is 292. The van der Waals surface area contributed by atoms with E-state index >= 15 is 0 Å². The molecule has 4 nitrogen and oxygen atoms in total. The number of rotatable bonds is 0. The Labute approximate surface area is 91.3 Å². The highest BCUT2D eigenvalue weighted by atomic mass is 19.4. The molecule has 1 amide bonds. The summed E-state index contributed by atoms with van der Waals surface area (Å²) in [7, 11) is 5.36. The Kier molecular flexibility index (Phi) is 10.9. The largest absolute Gasteiger partial charge is 0.470 e. The average Bonchev–Trinajstić information content (AvgIpc) is 2.04. The summed E-state index contributed by atoms with van der Waals surface area (Å²) in [5.41, 5.74) is 4.63. The van der Waals surface area contributed by atoms with Gasteiger partial charge in [-0.15, -0.1) is 0 Å². The van der Waals surface area contributed by atoms with Crippen LogP contribution in [-0.4, -0.2) is 30.9 Å². The normalized spacial score (nSPS) is 8.69. The van der Waals surface area contributed by atoms with E-state index in [9.17, 15) is 13.2 Å². The molecule has 2 radical (unpaired) electrons. The van der Waals surface area contributed by atoms with Crippen molar-refractivity contribution < 1.29 is 28.9 Å². The molecule has 0 aliphatic rings. The van der Waals surface area contributed by atoms with E-state index in [2.05, 4.69) is 5.73 Å². The van der Waals surface area contributed by atoms with Gasteiger partial charge in [0.1, 0.15) is 7.85 Å². The lowest BCUT2D eigenvalue weighted by Crippen LogP contribution is -2.30. The fourth-order valence-corrected chi connectivity index (χ4v) is 0.453. The summed E-state index contributed by atoms with van der Waals surface area (Å²) in [5.74, 6) is -2.26. The molecule has 0 spiro atoms. The summed E-state index contributed by atoms with van der Waals surface area (Å²) >= 11 is 0. The third-order valence-electron chi connectivity index (χ3n) is 1.08. The van der Waals surface area contributed by atoms with E-state index in [-0.39, 0.29) is 11.0 Å². The number of benzene rings is 1. The molecule has 0 unspecified atom stereocenters. The molecule has 0 fully saturated rings. The van der Waals surface area contributed by atoms with E-state index in [0.717, 1.165) is 5.46 Å². The van der Waals surface area contributed by atoms with Crippen molar-refractivity contribution in [1.82, 2.24) is 0 Å². The van der Waals surface area contributed by atoms with Crippen LogP contribution in [0.4, 0.5) is 13.2 Å². The molecular formula is C8H11BF3NO3. The highest BCUT2D eigenvalue weighted by molar-refractivity contribution is 6.32. The number of hydrogen-bond acceptors (Lipinski definition) is 1. The zero-order valence-electron chi connectivity index (χ0n) is 8.08. The number of nitrogens with two attached hydrogens (primary N) is 1. The second-order valence-corrected chi connectivity index (χ2v) is 2.27. The second kappa shape index (κ2) is 8.75. The predicted molar refractivity (Wildman–Crippen MR) is 54.3 cm³/mol. The first-order chi connectivity index (χ1) is 6.34. The Hall–Kier alpha value is -1.54. The molecular weight excluding hydrogens is 226 g/mol. The van der Waals surface area contributed by atoms with Gasteiger partial charge in [-0.1, -0.05) is 35.8 Å². The van der Waals surface area contributed by atoms with Crippen molar-refractivity contribution in [2.75, 3.05) is 0 Å². The monoisotopic (exact) mass is 237 g/mol. The van der Waals surface area contributed by atoms with Gasteiger partial charge in [0.2, 0.25) is 0 Å². The lowest BCUT2D eigenvalue weighted by atomic mass is 9.97. The Morgan fingerprint density at radius 3 is 1.56 bits per heavy atom. The lowest BCUT2D eigenvalue weighted by molar-refractivity contribution is -0.169. The van der Waals surface area contributed by atoms with E-state index in [1.54, 1.807) is 0 Å². The smallest absolute Gasteiger partial charge is 0.412 e. The first-order valence-electron chi connectivity index (χ1n) is 3.51. The van der Waals surface area contributed by atoms with E-state index in [4.69, 9.17) is 12.6 Å². The van der Waals surface area contributed by atoms with Gasteiger partial charge in [0.15, 0.2) is 0 Å². The van der Waals surface area contributed by atoms with Crippen molar-refractivity contribution in [2.45, 2.75) is 6.18 Å². The number of halogens is 3. The van der Waals surface area contributed by atoms with Gasteiger partial charge < -0.3 is 16.7 Å². The van der Waals surface area contributed by atoms with Crippen LogP contribution in [0.3, 0.4) is 0 Å². The van der Waals surface area contributed by atoms with Crippen molar-refractivity contribution in [1.29, 1.82) is 0 Å². The van der Waals surface area contributed by atoms with Crippen molar-refractivity contribution in [3.63, 3.8) is 0 Å². The van der Waals surface area contributed by atoms with E-state index in [1.807, 2.05) is 30.3 Å². The van der Waals surface area contributed by atoms with Gasteiger partial charge in [0.25, 0.3) is 0 Å². The van der Waals surface area contributed by atoms with Crippen LogP contribution < -0.4 is 11.2 Å². The van der Waals surface area contributed by atoms with Crippen LogP contribution >= 0.6 is 0 Å². The molecule has 16 heavy (non-hydrogen) atoms. The maximum atomic E-state index is 10.7. The van der Waals surface area contributed by atoms with Crippen LogP contribution in [0.15, 0.2) is 30.3 Å². The minimum absolute atomic E-state index is 0. The van der Waals surface area contributed by atoms with Crippen LogP contribution in [0, 0.1) is 0 Å². The topological polar surface area (TPSA) is 106 Å². The number of alkyl halides is 3. The summed E-state index contributed by atoms with van der Waals surface area (Å²) in [6.07, 6.45) is -4.86. The Morgan fingerprint density at radius 1 is 1.12 bits per heavy atom. The summed E-state index contributed by atoms with van der Waals surface area (Å²) < 4.78 is 32.1. The summed E-state index contributed by atoms with van der Waals surface area (Å²) in [5, 5.41) is 0. The Morgan fingerprint density at radius 2 is 1.44 bits per heavy atom. The van der Waals surface area contributed by atoms with Gasteiger partial charge in [0, 0.05) is 0 Å². The van der Waals surface area contributed by atoms with Crippen molar-refractivity contribution in [3.8, 4) is 0 Å². The van der Waals surface area contributed by atoms with Gasteiger partial charge in [-0.05, 0) is 0 Å². The van der Waals surface area contributed by atoms with Crippen molar-refractivity contribution in [3.05, 3.63) is 30.3 Å². The van der Waals surface area contributed by atoms with Crippen molar-refractivity contribution >= 4 is 19.2 Å². The molecule has 0 aromatic heterocycles. The van der Waals surface area contributed by atoms with E-state index in [0.29, 0.717) is 0 Å². The molecule has 90 valence electrons. The first kappa shape index (κ1) is 20.0. The van der Waals surface area contributed by atoms with Crippen molar-refractivity contribution in [2.24, 2.45) is 5.73 Å². The minimum atomic E-state index is -4.86. The van der Waals surface area contributed by atoms with Gasteiger partial charge in [-0.25, -0.2) is 0 Å². The molecule has 1 aromatic carbocycles. The second-order valence-electron chi connectivity index (χ2n) is 2.27. The highest BCUT2D eigenvalue weighted by Crippen LogP contribution is 2.11. The molecule has 0 aliphatic carbocycles. The fraction of sp³-hybridized carbons (Fsp3) is 0.125. The quantitative estimate of drug-likeness (QED) is 0.566. The third kappa shape index (κ3) is 10.5. The predicted octanol–water partition coefficient (Wildman–Crippen LogP) is -1.14. The molecule has 0 atom stereocenters. The van der Waals surface area contributed by atoms with Gasteiger partial charge in [0.05, 0.1) is 0 Å². The molecule has 1 rings (SSSR count). The van der Waals surface area contributed by atoms with E-state index < -0.39 is 12.1 Å². The number of carbonyl (C=O) groups excluding carboxylic acids is 1. The summed E-state index contributed by atoms with van der Waals surface area (Å²) in [6, 6.07) is 9.49. The molecule has 1 aromatic rings. The molecule has 6 N–H and O–H groups in total. The van der Waals surface area contributed by atoms with Crippen LogP contribution in [0.2, 0.25) is 0 Å². The minimum Gasteiger partial charge on any atom is -0.412 e. The zero-order valence-corrected chi connectivity index (χ0v) is 8.08. The van der Waals surface area contributed by atoms with Gasteiger partial charge >= 0.3 is 12.1 Å². The summed E-state index contributed by atoms with van der Waals surface area (Å²) in [4.78, 5) is 9.12. The van der Waals surface area contributed by atoms with Crippen LogP contribution in [0.5, 0.6) is 0 Å². The molecule has 0 bridgehead atoms. The Balaban J connectivity index is -0.000000188. The number of amides is 1. The zero-order chi connectivity index (χ0) is 11.2. The van der Waals surface area contributed by atoms with Crippen LogP contribution in [0.25, 0.3) is 0 Å². The van der Waals surface area contributed by atoms with E-state index in [1.165, 1.54) is 0 Å². The molecule has 0 saturated heterocycles. The van der Waals surface area contributed by atoms with Gasteiger partial charge in [-0.3, -0.25) is 4.79 Å². The molecule has 0 saturated carbocycles. The molecule has 0 aliphatic heterocycles. The molecule has 8 heteroatoms. The first-order valence-corrected chi connectivity index (χ1v) is 3.51. The number of hydrogen-bond donors (Lipinski definition) is 1. The average molecular weight is 237 g/mol. The lowest BCUT2D eigenvalue weighted by Gasteiger charge is -1.95. The highest BCUT2D eigenvalue weighted by Gasteiger charge is 2.35. The maximum absolute atomic E-state index is 10.7. The summed E-state index contributed by atoms with van der Waals surface area (Å²) in [6.45, 7) is 0. The SMILES string of the molecule is NC(=O)C(F)(F)F.O.O.[B]c1ccccc1. The maximum Gasteiger partial charge on any atom is 0.470 e.